The predicted octanol–water partition coefficient (Wildman–Crippen LogP) is 1.93. The molecule has 0 bridgehead atoms. The molecule has 1 aromatic carbocycles. The first-order valence-electron chi connectivity index (χ1n) is 9.05. The largest absolute Gasteiger partial charge is 0.383 e. The van der Waals surface area contributed by atoms with E-state index in [-0.39, 0.29) is 5.82 Å². The Bertz CT molecular complexity index is 1310. The second-order valence-electron chi connectivity index (χ2n) is 6.82. The van der Waals surface area contributed by atoms with Crippen molar-refractivity contribution in [3.8, 4) is 0 Å². The fraction of sp³-hybridized carbons (Fsp3) is 0.316. The van der Waals surface area contributed by atoms with Crippen LogP contribution in [0.4, 0.5) is 10.1 Å². The number of aromatic amines is 1. The Balaban J connectivity index is 1.67. The Labute approximate surface area is 159 Å². The number of imidazole rings is 2. The number of hydrogen-bond acceptors (Lipinski definition) is 4. The van der Waals surface area contributed by atoms with Crippen LogP contribution in [0.5, 0.6) is 0 Å². The van der Waals surface area contributed by atoms with E-state index in [1.165, 1.54) is 10.6 Å². The van der Waals surface area contributed by atoms with Crippen LogP contribution in [0.1, 0.15) is 17.8 Å². The fourth-order valence-corrected chi connectivity index (χ4v) is 3.51. The second-order valence-corrected chi connectivity index (χ2v) is 6.82. The monoisotopic (exact) mass is 384 g/mol. The zero-order chi connectivity index (χ0) is 20.0. The van der Waals surface area contributed by atoms with Gasteiger partial charge in [0.25, 0.3) is 5.56 Å². The third kappa shape index (κ3) is 2.70. The molecule has 0 aliphatic carbocycles. The van der Waals surface area contributed by atoms with Crippen LogP contribution in [0.15, 0.2) is 33.9 Å². The quantitative estimate of drug-likeness (QED) is 0.515. The fourth-order valence-electron chi connectivity index (χ4n) is 3.51. The van der Waals surface area contributed by atoms with Crippen LogP contribution in [0.3, 0.4) is 0 Å². The van der Waals surface area contributed by atoms with E-state index in [0.717, 1.165) is 17.8 Å². The molecule has 0 amide bonds. The van der Waals surface area contributed by atoms with Gasteiger partial charge in [-0.15, -0.1) is 0 Å². The van der Waals surface area contributed by atoms with E-state index in [1.54, 1.807) is 29.6 Å². The van der Waals surface area contributed by atoms with E-state index in [9.17, 15) is 14.0 Å². The summed E-state index contributed by atoms with van der Waals surface area (Å²) in [6, 6.07) is 6.56. The van der Waals surface area contributed by atoms with Gasteiger partial charge in [-0.2, -0.15) is 4.98 Å². The van der Waals surface area contributed by atoms with Gasteiger partial charge in [-0.05, 0) is 32.4 Å². The van der Waals surface area contributed by atoms with Gasteiger partial charge in [-0.1, -0.05) is 12.1 Å². The molecule has 4 rings (SSSR count). The van der Waals surface area contributed by atoms with Gasteiger partial charge in [0, 0.05) is 31.5 Å². The standard InChI is InChI=1S/C19H21FN6O2/c1-11-12(2)26-15-16(24(3)19(28)23-17(15)27)22-18(26)25(11)10-6-9-21-14-8-5-4-7-13(14)20/h4-5,7-8,21H,6,9-10H2,1-3H3,(H,23,27,28). The molecule has 9 heteroatoms. The SMILES string of the molecule is Cc1c(C)n2c3c(=O)[nH]c(=O)n(C)c3nc2n1CCCNc1ccccc1F. The van der Waals surface area contributed by atoms with Crippen molar-refractivity contribution in [3.63, 3.8) is 0 Å². The molecular weight excluding hydrogens is 363 g/mol. The number of H-pyrrole nitrogens is 1. The van der Waals surface area contributed by atoms with Crippen molar-refractivity contribution in [3.05, 3.63) is 62.3 Å². The summed E-state index contributed by atoms with van der Waals surface area (Å²) in [7, 11) is 1.58. The average molecular weight is 384 g/mol. The van der Waals surface area contributed by atoms with Crippen LogP contribution in [0.2, 0.25) is 0 Å². The van der Waals surface area contributed by atoms with E-state index in [2.05, 4.69) is 15.3 Å². The van der Waals surface area contributed by atoms with Gasteiger partial charge in [0.15, 0.2) is 11.2 Å². The number of para-hydroxylation sites is 1. The molecule has 0 unspecified atom stereocenters. The Kier molecular flexibility index (Phi) is 4.29. The Morgan fingerprint density at radius 1 is 1.18 bits per heavy atom. The number of nitrogens with zero attached hydrogens (tertiary/aromatic N) is 4. The highest BCUT2D eigenvalue weighted by atomic mass is 19.1. The molecule has 3 aromatic heterocycles. The number of nitrogens with one attached hydrogen (secondary N) is 2. The molecule has 28 heavy (non-hydrogen) atoms. The lowest BCUT2D eigenvalue weighted by Crippen LogP contribution is -2.28. The first-order valence-corrected chi connectivity index (χ1v) is 9.05. The minimum Gasteiger partial charge on any atom is -0.383 e. The zero-order valence-electron chi connectivity index (χ0n) is 15.9. The van der Waals surface area contributed by atoms with Gasteiger partial charge in [-0.25, -0.2) is 9.18 Å². The maximum Gasteiger partial charge on any atom is 0.329 e. The number of halogens is 1. The lowest BCUT2D eigenvalue weighted by Gasteiger charge is -2.09. The van der Waals surface area contributed by atoms with Crippen molar-refractivity contribution in [1.82, 2.24) is 23.5 Å². The van der Waals surface area contributed by atoms with Crippen LogP contribution in [0.25, 0.3) is 16.9 Å². The third-order valence-corrected chi connectivity index (χ3v) is 5.15. The van der Waals surface area contributed by atoms with Crippen molar-refractivity contribution in [1.29, 1.82) is 0 Å². The van der Waals surface area contributed by atoms with E-state index >= 15 is 0 Å². The van der Waals surface area contributed by atoms with Gasteiger partial charge in [0.1, 0.15) is 5.82 Å². The summed E-state index contributed by atoms with van der Waals surface area (Å²) in [5.74, 6) is 0.333. The number of rotatable bonds is 5. The number of aromatic nitrogens is 5. The van der Waals surface area contributed by atoms with E-state index in [4.69, 9.17) is 0 Å². The van der Waals surface area contributed by atoms with Gasteiger partial charge in [0.05, 0.1) is 5.69 Å². The minimum absolute atomic E-state index is 0.280. The van der Waals surface area contributed by atoms with Gasteiger partial charge < -0.3 is 9.88 Å². The van der Waals surface area contributed by atoms with E-state index in [0.29, 0.717) is 35.7 Å². The summed E-state index contributed by atoms with van der Waals surface area (Å²) < 4.78 is 18.8. The molecular formula is C19H21FN6O2. The number of anilines is 1. The molecule has 0 fully saturated rings. The molecule has 146 valence electrons. The predicted molar refractivity (Wildman–Crippen MR) is 106 cm³/mol. The first-order chi connectivity index (χ1) is 13.4. The van der Waals surface area contributed by atoms with Crippen LogP contribution in [0, 0.1) is 19.7 Å². The topological polar surface area (TPSA) is 89.1 Å². The number of fused-ring (bicyclic) bond motifs is 3. The average Bonchev–Trinajstić information content (AvgIpc) is 3.16. The highest BCUT2D eigenvalue weighted by Gasteiger charge is 2.20. The summed E-state index contributed by atoms with van der Waals surface area (Å²) in [4.78, 5) is 31.1. The zero-order valence-corrected chi connectivity index (χ0v) is 15.9. The number of aryl methyl sites for hydroxylation is 3. The van der Waals surface area contributed by atoms with Crippen molar-refractivity contribution in [2.75, 3.05) is 11.9 Å². The number of hydrogen-bond donors (Lipinski definition) is 2. The summed E-state index contributed by atoms with van der Waals surface area (Å²) in [6.45, 7) is 5.11. The second kappa shape index (κ2) is 6.66. The van der Waals surface area contributed by atoms with Crippen LogP contribution in [-0.4, -0.2) is 30.0 Å². The molecule has 2 N–H and O–H groups in total. The summed E-state index contributed by atoms with van der Waals surface area (Å²) in [5.41, 5.74) is 2.12. The maximum atomic E-state index is 13.7. The molecule has 8 nitrogen and oxygen atoms in total. The summed E-state index contributed by atoms with van der Waals surface area (Å²) in [5, 5.41) is 3.09. The smallest absolute Gasteiger partial charge is 0.329 e. The van der Waals surface area contributed by atoms with E-state index in [1.807, 2.05) is 18.4 Å². The Morgan fingerprint density at radius 3 is 2.68 bits per heavy atom. The Hall–Kier alpha value is -3.36. The maximum absolute atomic E-state index is 13.7. The highest BCUT2D eigenvalue weighted by Crippen LogP contribution is 2.21. The summed E-state index contributed by atoms with van der Waals surface area (Å²) >= 11 is 0. The van der Waals surface area contributed by atoms with Crippen molar-refractivity contribution >= 4 is 22.6 Å². The lowest BCUT2D eigenvalue weighted by molar-refractivity contribution is 0.625. The highest BCUT2D eigenvalue weighted by molar-refractivity contribution is 5.76. The first kappa shape index (κ1) is 18.0. The van der Waals surface area contributed by atoms with Crippen LogP contribution < -0.4 is 16.6 Å². The molecule has 4 aromatic rings. The Morgan fingerprint density at radius 2 is 1.93 bits per heavy atom. The molecule has 0 atom stereocenters. The molecule has 0 radical (unpaired) electrons. The molecule has 0 saturated carbocycles. The van der Waals surface area contributed by atoms with Crippen molar-refractivity contribution < 1.29 is 4.39 Å². The molecule has 0 saturated heterocycles. The third-order valence-electron chi connectivity index (χ3n) is 5.15. The van der Waals surface area contributed by atoms with Gasteiger partial charge >= 0.3 is 5.69 Å². The molecule has 0 aliphatic rings. The van der Waals surface area contributed by atoms with E-state index < -0.39 is 11.2 Å². The number of benzene rings is 1. The van der Waals surface area contributed by atoms with Gasteiger partial charge in [0.2, 0.25) is 5.78 Å². The lowest BCUT2D eigenvalue weighted by atomic mass is 10.3. The summed E-state index contributed by atoms with van der Waals surface area (Å²) in [6.07, 6.45) is 0.734. The normalized spacial score (nSPS) is 11.6. The van der Waals surface area contributed by atoms with Crippen LogP contribution >= 0.6 is 0 Å². The van der Waals surface area contributed by atoms with Crippen molar-refractivity contribution in [2.45, 2.75) is 26.8 Å². The van der Waals surface area contributed by atoms with Crippen LogP contribution in [-0.2, 0) is 13.6 Å². The molecule has 0 aliphatic heterocycles. The van der Waals surface area contributed by atoms with Gasteiger partial charge in [-0.3, -0.25) is 18.7 Å². The van der Waals surface area contributed by atoms with Crippen molar-refractivity contribution in [2.24, 2.45) is 7.05 Å². The minimum atomic E-state index is -0.492. The molecule has 3 heterocycles. The molecule has 0 spiro atoms.